The Morgan fingerprint density at radius 2 is 2.03 bits per heavy atom. The van der Waals surface area contributed by atoms with Gasteiger partial charge in [-0.05, 0) is 36.8 Å². The van der Waals surface area contributed by atoms with Gasteiger partial charge in [0.15, 0.2) is 5.65 Å². The summed E-state index contributed by atoms with van der Waals surface area (Å²) in [6.45, 7) is 3.06. The van der Waals surface area contributed by atoms with Crippen molar-refractivity contribution in [3.8, 4) is 6.07 Å². The molecule has 0 radical (unpaired) electrons. The molecule has 3 aromatic rings. The second-order valence-corrected chi connectivity index (χ2v) is 7.52. The molecule has 170 valence electrons. The maximum absolute atomic E-state index is 12.9. The molecule has 10 nitrogen and oxygen atoms in total. The Morgan fingerprint density at radius 3 is 2.79 bits per heavy atom. The van der Waals surface area contributed by atoms with Gasteiger partial charge in [0.25, 0.3) is 11.8 Å². The number of benzene rings is 1. The van der Waals surface area contributed by atoms with Crippen LogP contribution in [0.4, 0.5) is 5.95 Å². The Bertz CT molecular complexity index is 1210. The van der Waals surface area contributed by atoms with Gasteiger partial charge in [-0.1, -0.05) is 6.07 Å². The first-order valence-electron chi connectivity index (χ1n) is 10.7. The van der Waals surface area contributed by atoms with Crippen LogP contribution in [-0.4, -0.2) is 71.3 Å². The van der Waals surface area contributed by atoms with E-state index >= 15 is 0 Å². The van der Waals surface area contributed by atoms with Gasteiger partial charge < -0.3 is 14.4 Å². The molecule has 2 amide bonds. The number of imidazole rings is 1. The highest BCUT2D eigenvalue weighted by atomic mass is 16.5. The summed E-state index contributed by atoms with van der Waals surface area (Å²) in [5.41, 5.74) is 2.13. The Balaban J connectivity index is 1.66. The summed E-state index contributed by atoms with van der Waals surface area (Å²) >= 11 is 0. The van der Waals surface area contributed by atoms with Gasteiger partial charge in [-0.25, -0.2) is 9.97 Å². The molecular formula is C23H24N6O4. The van der Waals surface area contributed by atoms with E-state index in [0.29, 0.717) is 79.8 Å². The molecule has 1 fully saturated rings. The highest BCUT2D eigenvalue weighted by Crippen LogP contribution is 2.21. The van der Waals surface area contributed by atoms with Gasteiger partial charge >= 0.3 is 0 Å². The molecule has 1 aliphatic heterocycles. The Hall–Kier alpha value is -3.81. The number of methoxy groups -OCH3 is 1. The smallest absolute Gasteiger partial charge is 0.272 e. The third-order valence-electron chi connectivity index (χ3n) is 5.32. The second kappa shape index (κ2) is 10.2. The predicted octanol–water partition coefficient (Wildman–Crippen LogP) is 2.06. The minimum atomic E-state index is -0.389. The van der Waals surface area contributed by atoms with Crippen molar-refractivity contribution in [2.45, 2.75) is 13.0 Å². The number of nitriles is 1. The van der Waals surface area contributed by atoms with Crippen molar-refractivity contribution in [1.29, 1.82) is 5.26 Å². The van der Waals surface area contributed by atoms with Crippen LogP contribution in [0.25, 0.3) is 11.2 Å². The van der Waals surface area contributed by atoms with Crippen molar-refractivity contribution < 1.29 is 19.1 Å². The molecule has 1 saturated heterocycles. The molecule has 0 unspecified atom stereocenters. The number of aryl methyl sites for hydroxylation is 1. The van der Waals surface area contributed by atoms with Crippen molar-refractivity contribution >= 4 is 28.9 Å². The number of nitrogens with zero attached hydrogens (tertiary/aromatic N) is 5. The van der Waals surface area contributed by atoms with Crippen LogP contribution < -0.4 is 5.32 Å². The summed E-state index contributed by atoms with van der Waals surface area (Å²) in [5.74, 6) is -0.235. The van der Waals surface area contributed by atoms with Gasteiger partial charge in [0.2, 0.25) is 5.95 Å². The van der Waals surface area contributed by atoms with Crippen molar-refractivity contribution in [2.24, 2.45) is 0 Å². The van der Waals surface area contributed by atoms with Crippen LogP contribution in [0.1, 0.15) is 32.8 Å². The van der Waals surface area contributed by atoms with Crippen LogP contribution in [0.5, 0.6) is 0 Å². The summed E-state index contributed by atoms with van der Waals surface area (Å²) in [5, 5.41) is 11.9. The molecule has 1 N–H and O–H groups in total. The molecule has 0 spiro atoms. The third-order valence-corrected chi connectivity index (χ3v) is 5.32. The number of fused-ring (bicyclic) bond motifs is 1. The molecule has 0 atom stereocenters. The number of pyridine rings is 1. The lowest BCUT2D eigenvalue weighted by molar-refractivity contribution is 0.0299. The van der Waals surface area contributed by atoms with Gasteiger partial charge in [0.1, 0.15) is 11.2 Å². The summed E-state index contributed by atoms with van der Waals surface area (Å²) in [6, 6.07) is 11.8. The molecule has 0 aliphatic carbocycles. The molecule has 33 heavy (non-hydrogen) atoms. The summed E-state index contributed by atoms with van der Waals surface area (Å²) < 4.78 is 12.3. The van der Waals surface area contributed by atoms with Crippen LogP contribution in [0.2, 0.25) is 0 Å². The zero-order valence-corrected chi connectivity index (χ0v) is 18.3. The largest absolute Gasteiger partial charge is 0.385 e. The standard InChI is InChI=1S/C23H24N6O4/c1-32-11-3-8-29-20-18(6-7-19(25-20)22(31)28-9-12-33-13-10-28)26-23(29)27-21(30)17-5-2-4-16(14-17)15-24/h2,4-7,14H,3,8-13H2,1H3,(H,26,27,30). The minimum absolute atomic E-state index is 0.163. The summed E-state index contributed by atoms with van der Waals surface area (Å²) in [7, 11) is 1.62. The molecule has 1 aromatic carbocycles. The molecule has 0 saturated carbocycles. The number of hydrogen-bond acceptors (Lipinski definition) is 7. The number of carbonyl (C=O) groups excluding carboxylic acids is 2. The molecule has 2 aromatic heterocycles. The number of aromatic nitrogens is 3. The number of anilines is 1. The van der Waals surface area contributed by atoms with Crippen LogP contribution in [0.3, 0.4) is 0 Å². The van der Waals surface area contributed by atoms with E-state index in [1.165, 1.54) is 6.07 Å². The first-order valence-corrected chi connectivity index (χ1v) is 10.7. The van der Waals surface area contributed by atoms with Crippen molar-refractivity contribution in [1.82, 2.24) is 19.4 Å². The molecule has 4 rings (SSSR count). The first kappa shape index (κ1) is 22.4. The molecule has 0 bridgehead atoms. The van der Waals surface area contributed by atoms with E-state index in [4.69, 9.17) is 14.7 Å². The average molecular weight is 448 g/mol. The third kappa shape index (κ3) is 5.00. The van der Waals surface area contributed by atoms with Crippen molar-refractivity contribution in [3.63, 3.8) is 0 Å². The van der Waals surface area contributed by atoms with Gasteiger partial charge in [-0.15, -0.1) is 0 Å². The molecule has 1 aliphatic rings. The molecular weight excluding hydrogens is 424 g/mol. The van der Waals surface area contributed by atoms with Crippen LogP contribution in [0.15, 0.2) is 36.4 Å². The minimum Gasteiger partial charge on any atom is -0.385 e. The topological polar surface area (TPSA) is 122 Å². The quantitative estimate of drug-likeness (QED) is 0.549. The van der Waals surface area contributed by atoms with Gasteiger partial charge in [0, 0.05) is 38.9 Å². The zero-order chi connectivity index (χ0) is 23.2. The van der Waals surface area contributed by atoms with E-state index in [2.05, 4.69) is 15.3 Å². The second-order valence-electron chi connectivity index (χ2n) is 7.52. The van der Waals surface area contributed by atoms with Gasteiger partial charge in [-0.2, -0.15) is 5.26 Å². The lowest BCUT2D eigenvalue weighted by atomic mass is 10.1. The lowest BCUT2D eigenvalue weighted by Crippen LogP contribution is -2.41. The maximum Gasteiger partial charge on any atom is 0.272 e. The Morgan fingerprint density at radius 1 is 1.21 bits per heavy atom. The summed E-state index contributed by atoms with van der Waals surface area (Å²) in [6.07, 6.45) is 0.665. The average Bonchev–Trinajstić information content (AvgIpc) is 3.20. The lowest BCUT2D eigenvalue weighted by Gasteiger charge is -2.26. The van der Waals surface area contributed by atoms with Crippen molar-refractivity contribution in [3.05, 3.63) is 53.2 Å². The SMILES string of the molecule is COCCCn1c(NC(=O)c2cccc(C#N)c2)nc2ccc(C(=O)N3CCOCC3)nc21. The van der Waals surface area contributed by atoms with E-state index in [1.54, 1.807) is 46.9 Å². The number of nitrogens with one attached hydrogen (secondary N) is 1. The van der Waals surface area contributed by atoms with E-state index in [-0.39, 0.29) is 11.8 Å². The molecule has 10 heteroatoms. The van der Waals surface area contributed by atoms with Crippen LogP contribution in [-0.2, 0) is 16.0 Å². The van der Waals surface area contributed by atoms with Gasteiger partial charge in [-0.3, -0.25) is 19.5 Å². The fourth-order valence-corrected chi connectivity index (χ4v) is 3.63. The van der Waals surface area contributed by atoms with Crippen LogP contribution in [0, 0.1) is 11.3 Å². The monoisotopic (exact) mass is 448 g/mol. The first-order chi connectivity index (χ1) is 16.1. The predicted molar refractivity (Wildman–Crippen MR) is 120 cm³/mol. The normalized spacial score (nSPS) is 13.6. The van der Waals surface area contributed by atoms with E-state index in [9.17, 15) is 9.59 Å². The highest BCUT2D eigenvalue weighted by molar-refractivity contribution is 6.04. The van der Waals surface area contributed by atoms with Gasteiger partial charge in [0.05, 0.1) is 24.8 Å². The Labute approximate surface area is 190 Å². The van der Waals surface area contributed by atoms with Crippen LogP contribution >= 0.6 is 0 Å². The van der Waals surface area contributed by atoms with E-state index in [0.717, 1.165) is 0 Å². The Kier molecular flexibility index (Phi) is 6.92. The number of rotatable bonds is 7. The van der Waals surface area contributed by atoms with Crippen molar-refractivity contribution in [2.75, 3.05) is 45.3 Å². The van der Waals surface area contributed by atoms with E-state index in [1.807, 2.05) is 6.07 Å². The molecule has 3 heterocycles. The fourth-order valence-electron chi connectivity index (χ4n) is 3.63. The maximum atomic E-state index is 12.9. The van der Waals surface area contributed by atoms with E-state index < -0.39 is 0 Å². The number of morpholine rings is 1. The summed E-state index contributed by atoms with van der Waals surface area (Å²) in [4.78, 5) is 36.6. The highest BCUT2D eigenvalue weighted by Gasteiger charge is 2.22. The number of carbonyl (C=O) groups is 2. The fraction of sp³-hybridized carbons (Fsp3) is 0.348. The number of amides is 2. The number of hydrogen-bond donors (Lipinski definition) is 1. The number of ether oxygens (including phenoxy) is 2. The zero-order valence-electron chi connectivity index (χ0n) is 18.3.